The second kappa shape index (κ2) is 7.45. The molecule has 6 nitrogen and oxygen atoms in total. The number of rotatable bonds is 4. The van der Waals surface area contributed by atoms with E-state index in [0.29, 0.717) is 11.4 Å². The average molecular weight is 363 g/mol. The molecule has 1 N–H and O–H groups in total. The van der Waals surface area contributed by atoms with Gasteiger partial charge in [-0.25, -0.2) is 0 Å². The van der Waals surface area contributed by atoms with Gasteiger partial charge in [-0.1, -0.05) is 29.8 Å². The standard InChI is InChI=1S/C21H21N3O3/c1-13-6-9-16(10-7-13)24-19(25)12-18(27-4)20(23-24)21(26)22-17-11-14(2)5-8-15(17)3/h5-12H,1-4H3,(H,22,26). The molecule has 0 radical (unpaired) electrons. The van der Waals surface area contributed by atoms with Gasteiger partial charge in [0.15, 0.2) is 11.4 Å². The quantitative estimate of drug-likeness (QED) is 0.771. The number of benzene rings is 2. The minimum atomic E-state index is -0.443. The first-order valence-corrected chi connectivity index (χ1v) is 8.53. The number of methoxy groups -OCH3 is 1. The lowest BCUT2D eigenvalue weighted by atomic mass is 10.1. The summed E-state index contributed by atoms with van der Waals surface area (Å²) in [6, 6.07) is 14.4. The molecule has 1 amide bonds. The van der Waals surface area contributed by atoms with Crippen LogP contribution in [0.3, 0.4) is 0 Å². The molecule has 0 unspecified atom stereocenters. The molecular weight excluding hydrogens is 342 g/mol. The molecule has 3 rings (SSSR count). The van der Waals surface area contributed by atoms with Gasteiger partial charge in [-0.05, 0) is 50.1 Å². The molecule has 27 heavy (non-hydrogen) atoms. The number of ether oxygens (including phenoxy) is 1. The molecule has 0 aliphatic carbocycles. The van der Waals surface area contributed by atoms with E-state index >= 15 is 0 Å². The number of aryl methyl sites for hydroxylation is 3. The first-order chi connectivity index (χ1) is 12.9. The van der Waals surface area contributed by atoms with Crippen molar-refractivity contribution in [3.05, 3.63) is 81.3 Å². The van der Waals surface area contributed by atoms with Gasteiger partial charge in [0.2, 0.25) is 0 Å². The molecule has 1 aromatic heterocycles. The topological polar surface area (TPSA) is 73.2 Å². The van der Waals surface area contributed by atoms with Crippen molar-refractivity contribution < 1.29 is 9.53 Å². The maximum Gasteiger partial charge on any atom is 0.280 e. The summed E-state index contributed by atoms with van der Waals surface area (Å²) in [5, 5.41) is 7.11. The Hall–Kier alpha value is -3.41. The molecule has 0 atom stereocenters. The first kappa shape index (κ1) is 18.4. The Bertz CT molecular complexity index is 1050. The van der Waals surface area contributed by atoms with Crippen LogP contribution in [0.2, 0.25) is 0 Å². The monoisotopic (exact) mass is 363 g/mol. The van der Waals surface area contributed by atoms with E-state index in [4.69, 9.17) is 4.74 Å². The second-order valence-corrected chi connectivity index (χ2v) is 6.42. The largest absolute Gasteiger partial charge is 0.494 e. The number of hydrogen-bond donors (Lipinski definition) is 1. The van der Waals surface area contributed by atoms with Gasteiger partial charge in [0.05, 0.1) is 18.9 Å². The van der Waals surface area contributed by atoms with E-state index < -0.39 is 5.91 Å². The highest BCUT2D eigenvalue weighted by Crippen LogP contribution is 2.20. The number of amides is 1. The SMILES string of the molecule is COc1cc(=O)n(-c2ccc(C)cc2)nc1C(=O)Nc1cc(C)ccc1C. The molecule has 2 aromatic carbocycles. The van der Waals surface area contributed by atoms with Crippen LogP contribution >= 0.6 is 0 Å². The summed E-state index contributed by atoms with van der Waals surface area (Å²) in [4.78, 5) is 25.2. The van der Waals surface area contributed by atoms with Crippen molar-refractivity contribution in [3.63, 3.8) is 0 Å². The first-order valence-electron chi connectivity index (χ1n) is 8.53. The van der Waals surface area contributed by atoms with Gasteiger partial charge >= 0.3 is 0 Å². The van der Waals surface area contributed by atoms with Gasteiger partial charge in [-0.15, -0.1) is 0 Å². The van der Waals surface area contributed by atoms with Gasteiger partial charge in [-0.3, -0.25) is 9.59 Å². The van der Waals surface area contributed by atoms with Crippen LogP contribution in [0, 0.1) is 20.8 Å². The van der Waals surface area contributed by atoms with Crippen LogP contribution in [-0.2, 0) is 0 Å². The second-order valence-electron chi connectivity index (χ2n) is 6.42. The summed E-state index contributed by atoms with van der Waals surface area (Å²) in [5.41, 5.74) is 3.96. The van der Waals surface area contributed by atoms with E-state index in [9.17, 15) is 9.59 Å². The van der Waals surface area contributed by atoms with Gasteiger partial charge in [0, 0.05) is 5.69 Å². The van der Waals surface area contributed by atoms with E-state index in [-0.39, 0.29) is 17.0 Å². The van der Waals surface area contributed by atoms with Crippen molar-refractivity contribution in [1.29, 1.82) is 0 Å². The Morgan fingerprint density at radius 2 is 1.67 bits per heavy atom. The highest BCUT2D eigenvalue weighted by atomic mass is 16.5. The molecule has 1 heterocycles. The van der Waals surface area contributed by atoms with Crippen molar-refractivity contribution in [1.82, 2.24) is 9.78 Å². The van der Waals surface area contributed by atoms with E-state index in [2.05, 4.69) is 10.4 Å². The predicted molar refractivity (Wildman–Crippen MR) is 105 cm³/mol. The Labute approximate surface area is 157 Å². The lowest BCUT2D eigenvalue weighted by Crippen LogP contribution is -2.26. The van der Waals surface area contributed by atoms with Crippen LogP contribution in [0.4, 0.5) is 5.69 Å². The zero-order chi connectivity index (χ0) is 19.6. The molecule has 0 aliphatic heterocycles. The highest BCUT2D eigenvalue weighted by Gasteiger charge is 2.19. The van der Waals surface area contributed by atoms with Crippen LogP contribution in [0.15, 0.2) is 53.3 Å². The fraction of sp³-hybridized carbons (Fsp3) is 0.190. The summed E-state index contributed by atoms with van der Waals surface area (Å²) in [6.45, 7) is 5.81. The molecule has 0 aliphatic rings. The van der Waals surface area contributed by atoms with Crippen LogP contribution in [0.5, 0.6) is 5.75 Å². The van der Waals surface area contributed by atoms with E-state index in [0.717, 1.165) is 16.7 Å². The Morgan fingerprint density at radius 3 is 2.33 bits per heavy atom. The van der Waals surface area contributed by atoms with Crippen molar-refractivity contribution >= 4 is 11.6 Å². The van der Waals surface area contributed by atoms with Crippen LogP contribution < -0.4 is 15.6 Å². The Kier molecular flexibility index (Phi) is 5.07. The van der Waals surface area contributed by atoms with Crippen molar-refractivity contribution in [2.75, 3.05) is 12.4 Å². The van der Waals surface area contributed by atoms with Gasteiger partial charge in [0.25, 0.3) is 11.5 Å². The maximum absolute atomic E-state index is 12.8. The molecule has 3 aromatic rings. The van der Waals surface area contributed by atoms with Gasteiger partial charge < -0.3 is 10.1 Å². The fourth-order valence-corrected chi connectivity index (χ4v) is 2.68. The van der Waals surface area contributed by atoms with Gasteiger partial charge in [-0.2, -0.15) is 9.78 Å². The van der Waals surface area contributed by atoms with Crippen LogP contribution in [-0.4, -0.2) is 22.8 Å². The minimum absolute atomic E-state index is 0.0404. The highest BCUT2D eigenvalue weighted by molar-refractivity contribution is 6.05. The van der Waals surface area contributed by atoms with Crippen molar-refractivity contribution in [3.8, 4) is 11.4 Å². The fourth-order valence-electron chi connectivity index (χ4n) is 2.68. The number of nitrogens with zero attached hydrogens (tertiary/aromatic N) is 2. The summed E-state index contributed by atoms with van der Waals surface area (Å²) in [6.07, 6.45) is 0. The van der Waals surface area contributed by atoms with E-state index in [1.54, 1.807) is 12.1 Å². The third kappa shape index (κ3) is 3.89. The Balaban J connectivity index is 2.04. The molecule has 0 saturated carbocycles. The molecule has 6 heteroatoms. The third-order valence-corrected chi connectivity index (χ3v) is 4.25. The normalized spacial score (nSPS) is 10.5. The number of hydrogen-bond acceptors (Lipinski definition) is 4. The smallest absolute Gasteiger partial charge is 0.280 e. The lowest BCUT2D eigenvalue weighted by Gasteiger charge is -2.13. The zero-order valence-electron chi connectivity index (χ0n) is 15.7. The Morgan fingerprint density at radius 1 is 1.00 bits per heavy atom. The molecule has 0 fully saturated rings. The minimum Gasteiger partial charge on any atom is -0.494 e. The third-order valence-electron chi connectivity index (χ3n) is 4.25. The van der Waals surface area contributed by atoms with E-state index in [1.807, 2.05) is 51.1 Å². The van der Waals surface area contributed by atoms with Crippen LogP contribution in [0.25, 0.3) is 5.69 Å². The van der Waals surface area contributed by atoms with Crippen molar-refractivity contribution in [2.24, 2.45) is 0 Å². The number of aromatic nitrogens is 2. The summed E-state index contributed by atoms with van der Waals surface area (Å²) >= 11 is 0. The van der Waals surface area contributed by atoms with Crippen LogP contribution in [0.1, 0.15) is 27.2 Å². The zero-order valence-corrected chi connectivity index (χ0v) is 15.7. The summed E-state index contributed by atoms with van der Waals surface area (Å²) < 4.78 is 6.41. The number of carbonyl (C=O) groups is 1. The van der Waals surface area contributed by atoms with Crippen molar-refractivity contribution in [2.45, 2.75) is 20.8 Å². The number of anilines is 1. The number of carbonyl (C=O) groups excluding carboxylic acids is 1. The molecule has 0 spiro atoms. The lowest BCUT2D eigenvalue weighted by molar-refractivity contribution is 0.101. The average Bonchev–Trinajstić information content (AvgIpc) is 2.65. The molecule has 0 bridgehead atoms. The molecule has 138 valence electrons. The summed E-state index contributed by atoms with van der Waals surface area (Å²) in [5.74, 6) is -0.312. The van der Waals surface area contributed by atoms with Gasteiger partial charge in [0.1, 0.15) is 0 Å². The summed E-state index contributed by atoms with van der Waals surface area (Å²) in [7, 11) is 1.40. The predicted octanol–water partition coefficient (Wildman–Crippen LogP) is 3.42. The molecule has 0 saturated heterocycles. The molecular formula is C21H21N3O3. The van der Waals surface area contributed by atoms with E-state index in [1.165, 1.54) is 17.9 Å². The maximum atomic E-state index is 12.8. The number of nitrogens with one attached hydrogen (secondary N) is 1.